The van der Waals surface area contributed by atoms with Crippen LogP contribution in [-0.2, 0) is 9.59 Å². The minimum atomic E-state index is -2.04. The van der Waals surface area contributed by atoms with Crippen molar-refractivity contribution in [1.82, 2.24) is 5.32 Å². The molecule has 6 nitrogen and oxygen atoms in total. The number of primary amides is 1. The maximum absolute atomic E-state index is 10.4. The van der Waals surface area contributed by atoms with Gasteiger partial charge in [0.2, 0.25) is 12.2 Å². The molecule has 0 spiro atoms. The number of carbonyl (C=O) groups excluding carboxylic acids is 2. The van der Waals surface area contributed by atoms with Gasteiger partial charge in [0.1, 0.15) is 0 Å². The molecule has 6 heteroatoms. The molecule has 0 aliphatic heterocycles. The monoisotopic (exact) mass is 162 g/mol. The Hall–Kier alpha value is -1.14. The van der Waals surface area contributed by atoms with Gasteiger partial charge in [-0.1, -0.05) is 0 Å². The van der Waals surface area contributed by atoms with Crippen LogP contribution in [0.1, 0.15) is 6.42 Å². The van der Waals surface area contributed by atoms with Crippen molar-refractivity contribution in [3.63, 3.8) is 0 Å². The fourth-order valence-electron chi connectivity index (χ4n) is 0.400. The van der Waals surface area contributed by atoms with E-state index in [1.807, 2.05) is 0 Å². The van der Waals surface area contributed by atoms with Crippen LogP contribution in [0.3, 0.4) is 0 Å². The minimum absolute atomic E-state index is 0.0154. The minimum Gasteiger partial charge on any atom is -0.370 e. The molecule has 0 radical (unpaired) electrons. The molecule has 2 amide bonds. The first-order valence-electron chi connectivity index (χ1n) is 2.96. The first kappa shape index (κ1) is 9.86. The predicted molar refractivity (Wildman–Crippen MR) is 35.0 cm³/mol. The van der Waals surface area contributed by atoms with Crippen LogP contribution in [0.2, 0.25) is 0 Å². The van der Waals surface area contributed by atoms with Crippen LogP contribution in [0.4, 0.5) is 0 Å². The van der Waals surface area contributed by atoms with Gasteiger partial charge < -0.3 is 21.3 Å². The fraction of sp³-hybridized carbons (Fsp3) is 0.600. The lowest BCUT2D eigenvalue weighted by Gasteiger charge is -2.03. The summed E-state index contributed by atoms with van der Waals surface area (Å²) < 4.78 is 0. The van der Waals surface area contributed by atoms with E-state index in [4.69, 9.17) is 15.9 Å². The molecule has 0 bridgehead atoms. The van der Waals surface area contributed by atoms with Gasteiger partial charge in [-0.25, -0.2) is 0 Å². The summed E-state index contributed by atoms with van der Waals surface area (Å²) >= 11 is 0. The van der Waals surface area contributed by atoms with Crippen LogP contribution in [-0.4, -0.2) is 34.9 Å². The van der Waals surface area contributed by atoms with E-state index in [2.05, 4.69) is 5.32 Å². The number of rotatable bonds is 4. The highest BCUT2D eigenvalue weighted by atomic mass is 16.5. The number of nitrogens with one attached hydrogen (secondary N) is 1. The highest BCUT2D eigenvalue weighted by Crippen LogP contribution is 1.77. The number of hydrogen-bond donors (Lipinski definition) is 4. The molecular weight excluding hydrogens is 152 g/mol. The van der Waals surface area contributed by atoms with Gasteiger partial charge in [-0.05, 0) is 0 Å². The quantitative estimate of drug-likeness (QED) is 0.336. The molecule has 5 N–H and O–H groups in total. The average molecular weight is 162 g/mol. The molecule has 0 unspecified atom stereocenters. The van der Waals surface area contributed by atoms with Crippen LogP contribution >= 0.6 is 0 Å². The van der Waals surface area contributed by atoms with E-state index in [-0.39, 0.29) is 13.0 Å². The standard InChI is InChI=1S/C5H10N2O4/c6-3(8)1-2-7-4(9)5(10)11/h5,10-11H,1-2H2,(H2,6,8)(H,7,9). The third-order valence-electron chi connectivity index (χ3n) is 0.905. The molecule has 0 aromatic heterocycles. The highest BCUT2D eigenvalue weighted by molar-refractivity contribution is 5.80. The summed E-state index contributed by atoms with van der Waals surface area (Å²) in [5, 5.41) is 18.5. The molecule has 64 valence electrons. The normalized spacial score (nSPS) is 9.73. The third-order valence-corrected chi connectivity index (χ3v) is 0.905. The first-order valence-corrected chi connectivity index (χ1v) is 2.96. The van der Waals surface area contributed by atoms with E-state index in [9.17, 15) is 9.59 Å². The van der Waals surface area contributed by atoms with Crippen molar-refractivity contribution < 1.29 is 19.8 Å². The zero-order valence-corrected chi connectivity index (χ0v) is 5.78. The number of aliphatic hydroxyl groups excluding tert-OH is 1. The smallest absolute Gasteiger partial charge is 0.276 e. The summed E-state index contributed by atoms with van der Waals surface area (Å²) in [6.45, 7) is 0.0196. The molecule has 11 heavy (non-hydrogen) atoms. The Labute approximate surface area is 63.0 Å². The lowest BCUT2D eigenvalue weighted by molar-refractivity contribution is -0.147. The second-order valence-electron chi connectivity index (χ2n) is 1.88. The third kappa shape index (κ3) is 5.31. The number of carbonyl (C=O) groups is 2. The summed E-state index contributed by atoms with van der Waals surface area (Å²) in [6.07, 6.45) is -2.05. The first-order chi connectivity index (χ1) is 5.04. The van der Waals surface area contributed by atoms with Gasteiger partial charge in [0.05, 0.1) is 0 Å². The van der Waals surface area contributed by atoms with Crippen molar-refractivity contribution in [2.24, 2.45) is 5.73 Å². The van der Waals surface area contributed by atoms with Crippen LogP contribution in [0.5, 0.6) is 0 Å². The highest BCUT2D eigenvalue weighted by Gasteiger charge is 2.08. The Morgan fingerprint density at radius 3 is 2.36 bits per heavy atom. The average Bonchev–Trinajstić information content (AvgIpc) is 1.86. The molecule has 0 fully saturated rings. The van der Waals surface area contributed by atoms with Crippen molar-refractivity contribution in [2.75, 3.05) is 6.54 Å². The van der Waals surface area contributed by atoms with Crippen molar-refractivity contribution in [2.45, 2.75) is 12.7 Å². The van der Waals surface area contributed by atoms with Crippen LogP contribution in [0.25, 0.3) is 0 Å². The van der Waals surface area contributed by atoms with E-state index in [0.29, 0.717) is 0 Å². The number of nitrogens with two attached hydrogens (primary N) is 1. The second kappa shape index (κ2) is 4.64. The molecule has 0 heterocycles. The Kier molecular flexibility index (Phi) is 4.16. The van der Waals surface area contributed by atoms with E-state index in [1.165, 1.54) is 0 Å². The lowest BCUT2D eigenvalue weighted by atomic mass is 10.4. The molecule has 0 aliphatic rings. The van der Waals surface area contributed by atoms with E-state index >= 15 is 0 Å². The van der Waals surface area contributed by atoms with Crippen LogP contribution in [0.15, 0.2) is 0 Å². The van der Waals surface area contributed by atoms with Crippen molar-refractivity contribution >= 4 is 11.8 Å². The zero-order chi connectivity index (χ0) is 8.85. The summed E-state index contributed by atoms with van der Waals surface area (Å²) in [4.78, 5) is 20.5. The topological polar surface area (TPSA) is 113 Å². The molecule has 0 aromatic rings. The summed E-state index contributed by atoms with van der Waals surface area (Å²) in [6, 6.07) is 0. The molecule has 0 aliphatic carbocycles. The Morgan fingerprint density at radius 2 is 2.00 bits per heavy atom. The van der Waals surface area contributed by atoms with Gasteiger partial charge in [-0.15, -0.1) is 0 Å². The summed E-state index contributed by atoms with van der Waals surface area (Å²) in [5.41, 5.74) is 4.74. The number of aliphatic hydroxyl groups is 2. The van der Waals surface area contributed by atoms with Crippen molar-refractivity contribution in [3.8, 4) is 0 Å². The lowest BCUT2D eigenvalue weighted by Crippen LogP contribution is -2.36. The Morgan fingerprint density at radius 1 is 1.45 bits per heavy atom. The van der Waals surface area contributed by atoms with Crippen molar-refractivity contribution in [1.29, 1.82) is 0 Å². The maximum atomic E-state index is 10.4. The number of amides is 2. The Bertz CT molecular complexity index is 157. The van der Waals surface area contributed by atoms with Crippen LogP contribution in [0, 0.1) is 0 Å². The van der Waals surface area contributed by atoms with Gasteiger partial charge in [0.15, 0.2) is 0 Å². The molecular formula is C5H10N2O4. The molecule has 0 saturated carbocycles. The number of hydrogen-bond acceptors (Lipinski definition) is 4. The van der Waals surface area contributed by atoms with Gasteiger partial charge in [-0.3, -0.25) is 9.59 Å². The van der Waals surface area contributed by atoms with Gasteiger partial charge in [0.25, 0.3) is 5.91 Å². The summed E-state index contributed by atoms with van der Waals surface area (Å²) in [5.74, 6) is -1.50. The largest absolute Gasteiger partial charge is 0.370 e. The maximum Gasteiger partial charge on any atom is 0.276 e. The van der Waals surface area contributed by atoms with Crippen LogP contribution < -0.4 is 11.1 Å². The SMILES string of the molecule is NC(=O)CCNC(=O)C(O)O. The zero-order valence-electron chi connectivity index (χ0n) is 5.78. The van der Waals surface area contributed by atoms with E-state index in [0.717, 1.165) is 0 Å². The van der Waals surface area contributed by atoms with E-state index < -0.39 is 18.1 Å². The fourth-order valence-corrected chi connectivity index (χ4v) is 0.400. The molecule has 0 atom stereocenters. The molecule has 0 saturated heterocycles. The van der Waals surface area contributed by atoms with Gasteiger partial charge >= 0.3 is 0 Å². The van der Waals surface area contributed by atoms with Crippen molar-refractivity contribution in [3.05, 3.63) is 0 Å². The molecule has 0 aromatic carbocycles. The summed E-state index contributed by atoms with van der Waals surface area (Å²) in [7, 11) is 0. The van der Waals surface area contributed by atoms with Gasteiger partial charge in [0, 0.05) is 13.0 Å². The molecule has 0 rings (SSSR count). The van der Waals surface area contributed by atoms with Gasteiger partial charge in [-0.2, -0.15) is 0 Å². The van der Waals surface area contributed by atoms with E-state index in [1.54, 1.807) is 0 Å². The predicted octanol–water partition coefficient (Wildman–Crippen LogP) is -2.71. The Balaban J connectivity index is 3.39. The second-order valence-corrected chi connectivity index (χ2v) is 1.88.